The highest BCUT2D eigenvalue weighted by Gasteiger charge is 2.06. The van der Waals surface area contributed by atoms with Crippen molar-refractivity contribution in [1.82, 2.24) is 9.97 Å². The Labute approximate surface area is 64.6 Å². The summed E-state index contributed by atoms with van der Waals surface area (Å²) in [6, 6.07) is 0. The van der Waals surface area contributed by atoms with E-state index in [9.17, 15) is 4.79 Å². The molecule has 4 nitrogen and oxygen atoms in total. The third-order valence-electron chi connectivity index (χ3n) is 1.20. The van der Waals surface area contributed by atoms with E-state index in [1.807, 2.05) is 6.92 Å². The highest BCUT2D eigenvalue weighted by atomic mass is 16.5. The molecule has 0 aliphatic heterocycles. The number of carbonyl (C=O) groups is 1. The van der Waals surface area contributed by atoms with Gasteiger partial charge in [0.2, 0.25) is 5.78 Å². The Balaban J connectivity index is 2.43. The van der Waals surface area contributed by atoms with Gasteiger partial charge < -0.3 is 9.72 Å². The van der Waals surface area contributed by atoms with Crippen LogP contribution in [0.25, 0.3) is 0 Å². The van der Waals surface area contributed by atoms with Crippen molar-refractivity contribution in [3.8, 4) is 0 Å². The van der Waals surface area contributed by atoms with Crippen molar-refractivity contribution in [2.24, 2.45) is 0 Å². The normalized spacial score (nSPS) is 9.91. The van der Waals surface area contributed by atoms with Crippen LogP contribution in [0.4, 0.5) is 0 Å². The van der Waals surface area contributed by atoms with Crippen LogP contribution < -0.4 is 0 Å². The van der Waals surface area contributed by atoms with E-state index in [2.05, 4.69) is 9.97 Å². The number of carbonyl (C=O) groups excluding carboxylic acids is 1. The van der Waals surface area contributed by atoms with Gasteiger partial charge in [0.25, 0.3) is 0 Å². The summed E-state index contributed by atoms with van der Waals surface area (Å²) in [5.41, 5.74) is 0. The van der Waals surface area contributed by atoms with Crippen molar-refractivity contribution in [2.75, 3.05) is 13.2 Å². The second-order valence-electron chi connectivity index (χ2n) is 2.00. The van der Waals surface area contributed by atoms with Crippen LogP contribution in [-0.4, -0.2) is 29.0 Å². The van der Waals surface area contributed by atoms with Gasteiger partial charge in [-0.25, -0.2) is 4.98 Å². The van der Waals surface area contributed by atoms with E-state index in [-0.39, 0.29) is 12.4 Å². The molecule has 0 bridgehead atoms. The van der Waals surface area contributed by atoms with E-state index in [1.54, 1.807) is 12.4 Å². The summed E-state index contributed by atoms with van der Waals surface area (Å²) in [4.78, 5) is 17.5. The van der Waals surface area contributed by atoms with E-state index in [1.165, 1.54) is 0 Å². The number of ketones is 1. The first-order valence-corrected chi connectivity index (χ1v) is 3.45. The lowest BCUT2D eigenvalue weighted by Crippen LogP contribution is -2.10. The molecule has 1 N–H and O–H groups in total. The molecule has 60 valence electrons. The maximum absolute atomic E-state index is 11.0. The molecule has 0 amide bonds. The molecular weight excluding hydrogens is 144 g/mol. The second-order valence-corrected chi connectivity index (χ2v) is 2.00. The van der Waals surface area contributed by atoms with Crippen molar-refractivity contribution in [3.05, 3.63) is 18.2 Å². The molecule has 0 aromatic carbocycles. The van der Waals surface area contributed by atoms with Crippen LogP contribution in [-0.2, 0) is 4.74 Å². The SMILES string of the molecule is CCOCC(=O)c1ncc[nH]1. The Hall–Kier alpha value is -1.16. The average molecular weight is 154 g/mol. The quantitative estimate of drug-likeness (QED) is 0.647. The van der Waals surface area contributed by atoms with Crippen LogP contribution in [0.1, 0.15) is 17.5 Å². The van der Waals surface area contributed by atoms with Crippen molar-refractivity contribution in [2.45, 2.75) is 6.92 Å². The van der Waals surface area contributed by atoms with Gasteiger partial charge in [0.15, 0.2) is 5.82 Å². The molecule has 1 aromatic heterocycles. The van der Waals surface area contributed by atoms with Gasteiger partial charge in [-0.15, -0.1) is 0 Å². The maximum Gasteiger partial charge on any atom is 0.223 e. The van der Waals surface area contributed by atoms with Crippen molar-refractivity contribution in [1.29, 1.82) is 0 Å². The number of imidazole rings is 1. The number of H-pyrrole nitrogens is 1. The van der Waals surface area contributed by atoms with Crippen LogP contribution >= 0.6 is 0 Å². The van der Waals surface area contributed by atoms with Gasteiger partial charge >= 0.3 is 0 Å². The van der Waals surface area contributed by atoms with Crippen LogP contribution in [0.15, 0.2) is 12.4 Å². The Bertz CT molecular complexity index is 218. The summed E-state index contributed by atoms with van der Waals surface area (Å²) in [6.45, 7) is 2.49. The van der Waals surface area contributed by atoms with E-state index >= 15 is 0 Å². The van der Waals surface area contributed by atoms with E-state index in [0.717, 1.165) is 0 Å². The highest BCUT2D eigenvalue weighted by molar-refractivity contribution is 5.93. The average Bonchev–Trinajstić information content (AvgIpc) is 2.52. The lowest BCUT2D eigenvalue weighted by atomic mass is 10.4. The smallest absolute Gasteiger partial charge is 0.223 e. The highest BCUT2D eigenvalue weighted by Crippen LogP contribution is 1.90. The molecule has 0 saturated carbocycles. The van der Waals surface area contributed by atoms with Gasteiger partial charge in [0.05, 0.1) is 0 Å². The Kier molecular flexibility index (Phi) is 2.80. The minimum atomic E-state index is -0.114. The first-order valence-electron chi connectivity index (χ1n) is 3.45. The fourth-order valence-electron chi connectivity index (χ4n) is 0.681. The minimum Gasteiger partial charge on any atom is -0.373 e. The monoisotopic (exact) mass is 154 g/mol. The van der Waals surface area contributed by atoms with Crippen LogP contribution in [0, 0.1) is 0 Å². The number of Topliss-reactive ketones (excluding diaryl/α,β-unsaturated/α-hetero) is 1. The summed E-state index contributed by atoms with van der Waals surface area (Å²) >= 11 is 0. The molecule has 0 unspecified atom stereocenters. The summed E-state index contributed by atoms with van der Waals surface area (Å²) in [5, 5.41) is 0. The lowest BCUT2D eigenvalue weighted by molar-refractivity contribution is 0.0774. The zero-order chi connectivity index (χ0) is 8.10. The van der Waals surface area contributed by atoms with Gasteiger partial charge in [0, 0.05) is 19.0 Å². The number of hydrogen-bond donors (Lipinski definition) is 1. The minimum absolute atomic E-state index is 0.101. The lowest BCUT2D eigenvalue weighted by Gasteiger charge is -1.95. The molecule has 0 fully saturated rings. The molecule has 11 heavy (non-hydrogen) atoms. The predicted octanol–water partition coefficient (Wildman–Crippen LogP) is 0.629. The first-order chi connectivity index (χ1) is 5.34. The Morgan fingerprint density at radius 3 is 3.18 bits per heavy atom. The number of ether oxygens (including phenoxy) is 1. The van der Waals surface area contributed by atoms with Crippen molar-refractivity contribution >= 4 is 5.78 Å². The number of aromatic nitrogens is 2. The Morgan fingerprint density at radius 2 is 2.64 bits per heavy atom. The van der Waals surface area contributed by atoms with Gasteiger partial charge in [-0.3, -0.25) is 4.79 Å². The Morgan fingerprint density at radius 1 is 1.82 bits per heavy atom. The molecule has 0 aliphatic rings. The molecule has 0 saturated heterocycles. The molecule has 1 heterocycles. The number of rotatable bonds is 4. The number of aromatic amines is 1. The summed E-state index contributed by atoms with van der Waals surface area (Å²) in [7, 11) is 0. The first kappa shape index (κ1) is 7.94. The number of nitrogens with one attached hydrogen (secondary N) is 1. The maximum atomic E-state index is 11.0. The molecule has 1 aromatic rings. The van der Waals surface area contributed by atoms with Gasteiger partial charge in [-0.2, -0.15) is 0 Å². The van der Waals surface area contributed by atoms with Crippen molar-refractivity contribution in [3.63, 3.8) is 0 Å². The summed E-state index contributed by atoms with van der Waals surface area (Å²) in [6.07, 6.45) is 3.15. The van der Waals surface area contributed by atoms with E-state index in [4.69, 9.17) is 4.74 Å². The zero-order valence-electron chi connectivity index (χ0n) is 6.33. The second kappa shape index (κ2) is 3.88. The number of nitrogens with zero attached hydrogens (tertiary/aromatic N) is 1. The van der Waals surface area contributed by atoms with Crippen molar-refractivity contribution < 1.29 is 9.53 Å². The molecule has 0 radical (unpaired) electrons. The van der Waals surface area contributed by atoms with E-state index in [0.29, 0.717) is 12.4 Å². The largest absolute Gasteiger partial charge is 0.373 e. The molecule has 0 spiro atoms. The van der Waals surface area contributed by atoms with Gasteiger partial charge in [-0.1, -0.05) is 0 Å². The molecule has 4 heteroatoms. The van der Waals surface area contributed by atoms with Gasteiger partial charge in [0.1, 0.15) is 6.61 Å². The molecule has 0 atom stereocenters. The van der Waals surface area contributed by atoms with Crippen LogP contribution in [0.2, 0.25) is 0 Å². The number of hydrogen-bond acceptors (Lipinski definition) is 3. The molecule has 0 aliphatic carbocycles. The van der Waals surface area contributed by atoms with E-state index < -0.39 is 0 Å². The summed E-state index contributed by atoms with van der Waals surface area (Å²) in [5.74, 6) is 0.246. The molecular formula is C7H10N2O2. The zero-order valence-corrected chi connectivity index (χ0v) is 6.33. The molecule has 1 rings (SSSR count). The third kappa shape index (κ3) is 2.16. The van der Waals surface area contributed by atoms with Crippen LogP contribution in [0.3, 0.4) is 0 Å². The topological polar surface area (TPSA) is 55.0 Å². The fourth-order valence-corrected chi connectivity index (χ4v) is 0.681. The summed E-state index contributed by atoms with van der Waals surface area (Å²) < 4.78 is 4.91. The predicted molar refractivity (Wildman–Crippen MR) is 39.4 cm³/mol. The van der Waals surface area contributed by atoms with Gasteiger partial charge in [-0.05, 0) is 6.92 Å². The standard InChI is InChI=1S/C7H10N2O2/c1-2-11-5-6(10)7-8-3-4-9-7/h3-4H,2,5H2,1H3,(H,8,9). The fraction of sp³-hybridized carbons (Fsp3) is 0.429. The van der Waals surface area contributed by atoms with Crippen LogP contribution in [0.5, 0.6) is 0 Å². The third-order valence-corrected chi connectivity index (χ3v) is 1.20.